The van der Waals surface area contributed by atoms with Crippen LogP contribution in [0.3, 0.4) is 0 Å². The lowest BCUT2D eigenvalue weighted by Gasteiger charge is -2.34. The molecule has 1 aromatic heterocycles. The third-order valence-electron chi connectivity index (χ3n) is 4.20. The average Bonchev–Trinajstić information content (AvgIpc) is 2.50. The standard InChI is InChI=1S/C17H29N3O/c1-4-7-18-11-16-12-19-14(2)10-17(16)20-8-5-15(6-9-20)13-21-3/h10,12,15,18H,4-9,11,13H2,1-3H3. The van der Waals surface area contributed by atoms with E-state index in [1.54, 1.807) is 7.11 Å². The Labute approximate surface area is 128 Å². The summed E-state index contributed by atoms with van der Waals surface area (Å²) in [5.74, 6) is 0.718. The molecule has 0 bridgehead atoms. The molecule has 1 aliphatic heterocycles. The third kappa shape index (κ3) is 4.68. The zero-order chi connectivity index (χ0) is 15.1. The first-order valence-corrected chi connectivity index (χ1v) is 8.14. The fourth-order valence-electron chi connectivity index (χ4n) is 2.98. The number of aryl methyl sites for hydroxylation is 1. The van der Waals surface area contributed by atoms with E-state index < -0.39 is 0 Å². The Hall–Kier alpha value is -1.13. The van der Waals surface area contributed by atoms with Gasteiger partial charge in [0, 0.05) is 56.5 Å². The molecule has 0 saturated carbocycles. The van der Waals surface area contributed by atoms with Gasteiger partial charge in [-0.3, -0.25) is 4.98 Å². The summed E-state index contributed by atoms with van der Waals surface area (Å²) in [6.45, 7) is 9.38. The number of anilines is 1. The molecule has 0 unspecified atom stereocenters. The maximum Gasteiger partial charge on any atom is 0.0491 e. The molecule has 0 amide bonds. The highest BCUT2D eigenvalue weighted by Crippen LogP contribution is 2.26. The number of nitrogens with one attached hydrogen (secondary N) is 1. The topological polar surface area (TPSA) is 37.4 Å². The lowest BCUT2D eigenvalue weighted by atomic mass is 9.97. The van der Waals surface area contributed by atoms with Crippen LogP contribution in [0.5, 0.6) is 0 Å². The molecule has 0 atom stereocenters. The first kappa shape index (κ1) is 16.2. The SMILES string of the molecule is CCCNCc1cnc(C)cc1N1CCC(COC)CC1. The zero-order valence-electron chi connectivity index (χ0n) is 13.7. The highest BCUT2D eigenvalue weighted by atomic mass is 16.5. The molecule has 1 fully saturated rings. The minimum Gasteiger partial charge on any atom is -0.384 e. The molecule has 0 spiro atoms. The highest BCUT2D eigenvalue weighted by molar-refractivity contribution is 5.54. The van der Waals surface area contributed by atoms with Crippen molar-refractivity contribution in [3.63, 3.8) is 0 Å². The fraction of sp³-hybridized carbons (Fsp3) is 0.706. The van der Waals surface area contributed by atoms with Gasteiger partial charge in [-0.05, 0) is 44.7 Å². The Morgan fingerprint density at radius 1 is 1.38 bits per heavy atom. The summed E-state index contributed by atoms with van der Waals surface area (Å²) in [6, 6.07) is 2.24. The summed E-state index contributed by atoms with van der Waals surface area (Å²) in [5.41, 5.74) is 3.78. The van der Waals surface area contributed by atoms with Crippen molar-refractivity contribution < 1.29 is 4.74 Å². The van der Waals surface area contributed by atoms with Crippen molar-refractivity contribution in [2.45, 2.75) is 39.7 Å². The normalized spacial score (nSPS) is 16.4. The summed E-state index contributed by atoms with van der Waals surface area (Å²) in [6.07, 6.45) is 5.64. The Bertz CT molecular complexity index is 428. The maximum absolute atomic E-state index is 5.29. The van der Waals surface area contributed by atoms with E-state index in [0.29, 0.717) is 0 Å². The van der Waals surface area contributed by atoms with Crippen LogP contribution in [0.25, 0.3) is 0 Å². The van der Waals surface area contributed by atoms with E-state index in [1.165, 1.54) is 24.1 Å². The van der Waals surface area contributed by atoms with Gasteiger partial charge in [0.2, 0.25) is 0 Å². The van der Waals surface area contributed by atoms with Crippen LogP contribution in [0.15, 0.2) is 12.3 Å². The van der Waals surface area contributed by atoms with E-state index in [-0.39, 0.29) is 0 Å². The van der Waals surface area contributed by atoms with Gasteiger partial charge >= 0.3 is 0 Å². The predicted octanol–water partition coefficient (Wildman–Crippen LogP) is 2.75. The molecule has 21 heavy (non-hydrogen) atoms. The Balaban J connectivity index is 2.02. The van der Waals surface area contributed by atoms with Gasteiger partial charge in [-0.1, -0.05) is 6.92 Å². The van der Waals surface area contributed by atoms with E-state index in [1.807, 2.05) is 6.20 Å². The van der Waals surface area contributed by atoms with Crippen molar-refractivity contribution >= 4 is 5.69 Å². The van der Waals surface area contributed by atoms with Gasteiger partial charge in [-0.15, -0.1) is 0 Å². The van der Waals surface area contributed by atoms with Crippen LogP contribution in [0.2, 0.25) is 0 Å². The first-order valence-electron chi connectivity index (χ1n) is 8.14. The largest absolute Gasteiger partial charge is 0.384 e. The van der Waals surface area contributed by atoms with Crippen LogP contribution >= 0.6 is 0 Å². The molecule has 0 radical (unpaired) electrons. The van der Waals surface area contributed by atoms with Crippen LogP contribution in [0.1, 0.15) is 37.4 Å². The highest BCUT2D eigenvalue weighted by Gasteiger charge is 2.21. The number of hydrogen-bond acceptors (Lipinski definition) is 4. The molecule has 118 valence electrons. The van der Waals surface area contributed by atoms with E-state index in [9.17, 15) is 0 Å². The van der Waals surface area contributed by atoms with Gasteiger partial charge in [-0.25, -0.2) is 0 Å². The molecule has 4 heteroatoms. The number of piperidine rings is 1. The Morgan fingerprint density at radius 3 is 2.81 bits per heavy atom. The molecule has 0 aliphatic carbocycles. The number of ether oxygens (including phenoxy) is 1. The Morgan fingerprint density at radius 2 is 2.14 bits per heavy atom. The van der Waals surface area contributed by atoms with Crippen LogP contribution in [0.4, 0.5) is 5.69 Å². The molecule has 2 rings (SSSR count). The summed E-state index contributed by atoms with van der Waals surface area (Å²) in [5, 5.41) is 3.49. The van der Waals surface area contributed by atoms with E-state index in [2.05, 4.69) is 35.1 Å². The van der Waals surface area contributed by atoms with E-state index in [0.717, 1.165) is 50.8 Å². The van der Waals surface area contributed by atoms with Gasteiger partial charge in [0.15, 0.2) is 0 Å². The van der Waals surface area contributed by atoms with Crippen LogP contribution in [0, 0.1) is 12.8 Å². The number of methoxy groups -OCH3 is 1. The second-order valence-corrected chi connectivity index (χ2v) is 6.02. The van der Waals surface area contributed by atoms with Gasteiger partial charge in [0.05, 0.1) is 0 Å². The number of pyridine rings is 1. The molecule has 1 aromatic rings. The molecule has 2 heterocycles. The summed E-state index contributed by atoms with van der Waals surface area (Å²) in [4.78, 5) is 6.99. The van der Waals surface area contributed by atoms with Gasteiger partial charge in [0.1, 0.15) is 0 Å². The number of aromatic nitrogens is 1. The maximum atomic E-state index is 5.29. The van der Waals surface area contributed by atoms with Gasteiger partial charge < -0.3 is 15.0 Å². The molecule has 1 saturated heterocycles. The first-order chi connectivity index (χ1) is 10.2. The van der Waals surface area contributed by atoms with Crippen molar-refractivity contribution in [1.82, 2.24) is 10.3 Å². The minimum absolute atomic E-state index is 0.718. The van der Waals surface area contributed by atoms with Crippen molar-refractivity contribution in [2.24, 2.45) is 5.92 Å². The average molecular weight is 291 g/mol. The van der Waals surface area contributed by atoms with Crippen molar-refractivity contribution in [1.29, 1.82) is 0 Å². The van der Waals surface area contributed by atoms with Crippen LogP contribution in [-0.2, 0) is 11.3 Å². The molecule has 1 aliphatic rings. The van der Waals surface area contributed by atoms with Crippen LogP contribution in [-0.4, -0.2) is 38.3 Å². The number of hydrogen-bond donors (Lipinski definition) is 1. The third-order valence-corrected chi connectivity index (χ3v) is 4.20. The monoisotopic (exact) mass is 291 g/mol. The second-order valence-electron chi connectivity index (χ2n) is 6.02. The molecule has 1 N–H and O–H groups in total. The Kier molecular flexibility index (Phi) is 6.46. The lowest BCUT2D eigenvalue weighted by Crippen LogP contribution is -2.36. The van der Waals surface area contributed by atoms with Crippen molar-refractivity contribution in [3.05, 3.63) is 23.5 Å². The smallest absolute Gasteiger partial charge is 0.0491 e. The van der Waals surface area contributed by atoms with Crippen molar-refractivity contribution in [2.75, 3.05) is 38.3 Å². The number of nitrogens with zero attached hydrogens (tertiary/aromatic N) is 2. The summed E-state index contributed by atoms with van der Waals surface area (Å²) < 4.78 is 5.29. The zero-order valence-corrected chi connectivity index (χ0v) is 13.7. The van der Waals surface area contributed by atoms with Gasteiger partial charge in [0.25, 0.3) is 0 Å². The second kappa shape index (κ2) is 8.35. The lowest BCUT2D eigenvalue weighted by molar-refractivity contribution is 0.139. The molecule has 0 aromatic carbocycles. The minimum atomic E-state index is 0.718. The molecule has 4 nitrogen and oxygen atoms in total. The summed E-state index contributed by atoms with van der Waals surface area (Å²) >= 11 is 0. The predicted molar refractivity (Wildman–Crippen MR) is 87.8 cm³/mol. The van der Waals surface area contributed by atoms with Crippen LogP contribution < -0.4 is 10.2 Å². The van der Waals surface area contributed by atoms with E-state index in [4.69, 9.17) is 4.74 Å². The fourth-order valence-corrected chi connectivity index (χ4v) is 2.98. The van der Waals surface area contributed by atoms with Crippen molar-refractivity contribution in [3.8, 4) is 0 Å². The molecular formula is C17H29N3O. The number of rotatable bonds is 7. The molecular weight excluding hydrogens is 262 g/mol. The summed E-state index contributed by atoms with van der Waals surface area (Å²) in [7, 11) is 1.80. The van der Waals surface area contributed by atoms with Gasteiger partial charge in [-0.2, -0.15) is 0 Å². The van der Waals surface area contributed by atoms with E-state index >= 15 is 0 Å². The quantitative estimate of drug-likeness (QED) is 0.784.